The zero-order valence-electron chi connectivity index (χ0n) is 37.0. The van der Waals surface area contributed by atoms with Crippen molar-refractivity contribution in [2.75, 3.05) is 6.54 Å². The number of carbonyl (C=O) groups excluding carboxylic acids is 9. The van der Waals surface area contributed by atoms with Crippen molar-refractivity contribution < 1.29 is 53.1 Å². The molecule has 0 aromatic heterocycles. The highest BCUT2D eigenvalue weighted by Crippen LogP contribution is 2.06. The van der Waals surface area contributed by atoms with Gasteiger partial charge in [-0.15, -0.1) is 0 Å². The summed E-state index contributed by atoms with van der Waals surface area (Å²) in [5.41, 5.74) is 11.2. The number of unbranched alkanes of at least 4 members (excludes halogenated alkanes) is 3. The van der Waals surface area contributed by atoms with Crippen LogP contribution in [0.5, 0.6) is 0 Å². The van der Waals surface area contributed by atoms with Gasteiger partial charge in [0, 0.05) is 0 Å². The largest absolute Gasteiger partial charge is 0.480 e. The number of aliphatic carboxylic acids is 1. The second-order valence-electron chi connectivity index (χ2n) is 15.3. The summed E-state index contributed by atoms with van der Waals surface area (Å²) in [7, 11) is 0. The first kappa shape index (κ1) is 55.6. The average Bonchev–Trinajstić information content (AvgIpc) is 3.19. The predicted octanol–water partition coefficient (Wildman–Crippen LogP) is -2.59. The minimum Gasteiger partial charge on any atom is -0.480 e. The van der Waals surface area contributed by atoms with E-state index in [9.17, 15) is 47.9 Å². The highest BCUT2D eigenvalue weighted by Gasteiger charge is 2.31. The molecule has 348 valence electrons. The van der Waals surface area contributed by atoms with Gasteiger partial charge in [0.1, 0.15) is 54.4 Å². The molecule has 9 amide bonds. The van der Waals surface area contributed by atoms with Crippen LogP contribution in [-0.2, 0) is 47.9 Å². The Labute approximate surface area is 358 Å². The molecule has 61 heavy (non-hydrogen) atoms. The second-order valence-corrected chi connectivity index (χ2v) is 15.3. The Balaban J connectivity index is 5.45. The van der Waals surface area contributed by atoms with E-state index in [1.54, 1.807) is 0 Å². The molecular weight excluding hydrogens is 798 g/mol. The smallest absolute Gasteiger partial charge is 0.325 e. The first-order chi connectivity index (χ1) is 28.5. The molecule has 0 bridgehead atoms. The number of rotatable bonds is 29. The van der Waals surface area contributed by atoms with Gasteiger partial charge in [-0.3, -0.25) is 47.9 Å². The van der Waals surface area contributed by atoms with Crippen molar-refractivity contribution >= 4 is 59.1 Å². The van der Waals surface area contributed by atoms with E-state index in [1.165, 1.54) is 48.5 Å². The fourth-order valence-electron chi connectivity index (χ4n) is 5.36. The number of carboxylic acid groups (broad SMARTS) is 1. The van der Waals surface area contributed by atoms with Gasteiger partial charge in [-0.1, -0.05) is 39.5 Å². The second kappa shape index (κ2) is 29.0. The Hall–Kier alpha value is -5.38. The van der Waals surface area contributed by atoms with Crippen LogP contribution in [0, 0.1) is 0 Å². The summed E-state index contributed by atoms with van der Waals surface area (Å²) in [6, 6.07) is -11.0. The van der Waals surface area contributed by atoms with E-state index in [-0.39, 0.29) is 12.8 Å². The van der Waals surface area contributed by atoms with Crippen molar-refractivity contribution in [1.82, 2.24) is 47.9 Å². The van der Waals surface area contributed by atoms with Crippen LogP contribution in [0.15, 0.2) is 0 Å². The molecule has 0 aromatic rings. The fraction of sp³-hybridized carbons (Fsp3) is 0.744. The van der Waals surface area contributed by atoms with E-state index in [2.05, 4.69) is 47.9 Å². The van der Waals surface area contributed by atoms with E-state index in [4.69, 9.17) is 16.6 Å². The topological polar surface area (TPSA) is 351 Å². The zero-order chi connectivity index (χ0) is 47.0. The third-order valence-electron chi connectivity index (χ3n) is 9.44. The maximum absolute atomic E-state index is 13.4. The lowest BCUT2D eigenvalue weighted by Crippen LogP contribution is -2.59. The quantitative estimate of drug-likeness (QED) is 0.0344. The van der Waals surface area contributed by atoms with Crippen molar-refractivity contribution in [2.24, 2.45) is 11.5 Å². The Morgan fingerprint density at radius 3 is 0.934 bits per heavy atom. The number of carbonyl (C=O) groups is 10. The lowest BCUT2D eigenvalue weighted by atomic mass is 10.1. The first-order valence-electron chi connectivity index (χ1n) is 20.9. The van der Waals surface area contributed by atoms with Crippen molar-refractivity contribution in [3.05, 3.63) is 0 Å². The average molecular weight is 870 g/mol. The van der Waals surface area contributed by atoms with Crippen molar-refractivity contribution in [1.29, 1.82) is 0 Å². The van der Waals surface area contributed by atoms with Gasteiger partial charge in [0.15, 0.2) is 0 Å². The van der Waals surface area contributed by atoms with Crippen LogP contribution in [0.4, 0.5) is 0 Å². The van der Waals surface area contributed by atoms with Crippen molar-refractivity contribution in [2.45, 2.75) is 181 Å². The third-order valence-corrected chi connectivity index (χ3v) is 9.44. The van der Waals surface area contributed by atoms with E-state index < -0.39 is 120 Å². The summed E-state index contributed by atoms with van der Waals surface area (Å²) in [6.07, 6.45) is 4.24. The van der Waals surface area contributed by atoms with Gasteiger partial charge in [0.05, 0.1) is 6.04 Å². The van der Waals surface area contributed by atoms with Crippen LogP contribution in [0.2, 0.25) is 0 Å². The Kier molecular flexibility index (Phi) is 26.4. The Bertz CT molecular complexity index is 1510. The molecule has 14 N–H and O–H groups in total. The van der Waals surface area contributed by atoms with Crippen LogP contribution >= 0.6 is 0 Å². The summed E-state index contributed by atoms with van der Waals surface area (Å²) in [4.78, 5) is 127. The summed E-state index contributed by atoms with van der Waals surface area (Å²) in [5, 5.41) is 31.6. The summed E-state index contributed by atoms with van der Waals surface area (Å²) in [5.74, 6) is -7.51. The molecule has 0 fully saturated rings. The number of hydrogen-bond acceptors (Lipinski definition) is 12. The molecule has 0 saturated heterocycles. The van der Waals surface area contributed by atoms with Gasteiger partial charge < -0.3 is 64.4 Å². The number of amides is 9. The highest BCUT2D eigenvalue weighted by atomic mass is 16.4. The van der Waals surface area contributed by atoms with Crippen LogP contribution in [0.3, 0.4) is 0 Å². The normalized spacial score (nSPS) is 15.9. The SMILES string of the molecule is CCCC[C@H](NC(=O)[C@H](C)N)C(=O)N[C@@H](C)C(=O)N[C@@H](C)C(=O)N[C@@H](CCCCN)C(=O)N[C@@H](C)C(=O)N[C@@H](C)C(=O)N[C@@H](C)C(=O)N[C@@H](CCCC)C(=O)N[C@@H](C)C(=O)O. The van der Waals surface area contributed by atoms with Gasteiger partial charge in [-0.25, -0.2) is 0 Å². The van der Waals surface area contributed by atoms with Crippen LogP contribution in [0.1, 0.15) is 120 Å². The van der Waals surface area contributed by atoms with E-state index >= 15 is 0 Å². The van der Waals surface area contributed by atoms with E-state index in [0.717, 1.165) is 6.42 Å². The monoisotopic (exact) mass is 870 g/mol. The third kappa shape index (κ3) is 21.6. The maximum atomic E-state index is 13.4. The molecule has 22 heteroatoms. The fourth-order valence-corrected chi connectivity index (χ4v) is 5.36. The molecule has 0 radical (unpaired) electrons. The molecule has 0 aromatic carbocycles. The molecule has 0 unspecified atom stereocenters. The van der Waals surface area contributed by atoms with E-state index in [0.29, 0.717) is 45.1 Å². The molecule has 0 heterocycles. The predicted molar refractivity (Wildman–Crippen MR) is 225 cm³/mol. The van der Waals surface area contributed by atoms with Gasteiger partial charge >= 0.3 is 5.97 Å². The maximum Gasteiger partial charge on any atom is 0.325 e. The first-order valence-corrected chi connectivity index (χ1v) is 20.9. The molecular formula is C39H71N11O11. The molecule has 0 saturated carbocycles. The number of hydrogen-bond donors (Lipinski definition) is 12. The van der Waals surface area contributed by atoms with Gasteiger partial charge in [0.2, 0.25) is 53.2 Å². The van der Waals surface area contributed by atoms with Crippen LogP contribution < -0.4 is 59.3 Å². The Morgan fingerprint density at radius 1 is 0.393 bits per heavy atom. The van der Waals surface area contributed by atoms with Crippen LogP contribution in [-0.4, -0.2) is 131 Å². The minimum absolute atomic E-state index is 0.126. The summed E-state index contributed by atoms with van der Waals surface area (Å²) < 4.78 is 0. The minimum atomic E-state index is -1.25. The number of carboxylic acids is 1. The molecule has 22 nitrogen and oxygen atoms in total. The van der Waals surface area contributed by atoms with Crippen LogP contribution in [0.25, 0.3) is 0 Å². The van der Waals surface area contributed by atoms with Crippen molar-refractivity contribution in [3.63, 3.8) is 0 Å². The van der Waals surface area contributed by atoms with E-state index in [1.807, 2.05) is 13.8 Å². The molecule has 0 aliphatic heterocycles. The summed E-state index contributed by atoms with van der Waals surface area (Å²) >= 11 is 0. The van der Waals surface area contributed by atoms with Gasteiger partial charge in [0.25, 0.3) is 0 Å². The molecule has 0 rings (SSSR count). The molecule has 10 atom stereocenters. The summed E-state index contributed by atoms with van der Waals surface area (Å²) in [6.45, 7) is 13.7. The Morgan fingerprint density at radius 2 is 0.656 bits per heavy atom. The number of nitrogens with one attached hydrogen (secondary N) is 9. The zero-order valence-corrected chi connectivity index (χ0v) is 37.0. The number of nitrogens with two attached hydrogens (primary N) is 2. The lowest BCUT2D eigenvalue weighted by molar-refractivity contribution is -0.141. The lowest BCUT2D eigenvalue weighted by Gasteiger charge is -2.25. The molecule has 0 spiro atoms. The van der Waals surface area contributed by atoms with Gasteiger partial charge in [-0.2, -0.15) is 0 Å². The highest BCUT2D eigenvalue weighted by molar-refractivity contribution is 5.98. The van der Waals surface area contributed by atoms with Gasteiger partial charge in [-0.05, 0) is 87.1 Å². The molecule has 0 aliphatic carbocycles. The standard InChI is InChI=1S/C39H71N11O11/c1-10-12-16-27(48-30(51)20(3)41)36(57)45-23(6)33(54)44-25(8)35(56)50-29(18-14-15-19-40)37(58)46-22(5)32(53)42-21(4)31(52)43-24(7)34(55)49-28(17-13-11-2)38(59)47-26(9)39(60)61/h20-29H,10-19,40-41H2,1-9H3,(H,42,53)(H,43,52)(H,44,54)(H,45,57)(H,46,58)(H,47,59)(H,48,51)(H,49,55)(H,50,56)(H,60,61)/t20-,21-,22-,23-,24-,25-,26-,27-,28-,29-/m0/s1. The van der Waals surface area contributed by atoms with Crippen molar-refractivity contribution in [3.8, 4) is 0 Å². The molecule has 0 aliphatic rings.